The number of hydrogen-bond donors (Lipinski definition) is 1. The molecular formula is C20H26BrN3O4. The maximum absolute atomic E-state index is 12.4. The van der Waals surface area contributed by atoms with Crippen molar-refractivity contribution in [3.63, 3.8) is 0 Å². The maximum atomic E-state index is 12.4. The zero-order valence-electron chi connectivity index (χ0n) is 16.7. The highest BCUT2D eigenvalue weighted by Crippen LogP contribution is 2.26. The topological polar surface area (TPSA) is 86.8 Å². The smallest absolute Gasteiger partial charge is 0.261 e. The van der Waals surface area contributed by atoms with Gasteiger partial charge in [0.25, 0.3) is 11.8 Å². The molecular weight excluding hydrogens is 426 g/mol. The molecule has 0 aromatic heterocycles. The fraction of sp³-hybridized carbons (Fsp3) is 0.500. The SMILES string of the molecule is CCN(CC(=O)NC(C)(C)C)C(=O)CCCN1C(=O)c2ccc(Br)cc2C1=O. The molecule has 0 atom stereocenters. The van der Waals surface area contributed by atoms with Crippen LogP contribution >= 0.6 is 15.9 Å². The molecule has 0 radical (unpaired) electrons. The van der Waals surface area contributed by atoms with E-state index in [2.05, 4.69) is 21.2 Å². The lowest BCUT2D eigenvalue weighted by Gasteiger charge is -2.25. The van der Waals surface area contributed by atoms with Crippen LogP contribution in [0.3, 0.4) is 0 Å². The summed E-state index contributed by atoms with van der Waals surface area (Å²) in [4.78, 5) is 52.0. The minimum absolute atomic E-state index is 0.00630. The number of amides is 4. The average Bonchev–Trinajstić information content (AvgIpc) is 2.82. The van der Waals surface area contributed by atoms with Crippen LogP contribution < -0.4 is 5.32 Å². The summed E-state index contributed by atoms with van der Waals surface area (Å²) >= 11 is 3.30. The van der Waals surface area contributed by atoms with E-state index in [-0.39, 0.29) is 48.7 Å². The maximum Gasteiger partial charge on any atom is 0.261 e. The Labute approximate surface area is 173 Å². The number of fused-ring (bicyclic) bond motifs is 1. The van der Waals surface area contributed by atoms with E-state index in [9.17, 15) is 19.2 Å². The lowest BCUT2D eigenvalue weighted by atomic mass is 10.1. The molecule has 4 amide bonds. The van der Waals surface area contributed by atoms with Crippen molar-refractivity contribution in [1.82, 2.24) is 15.1 Å². The third-order valence-corrected chi connectivity index (χ3v) is 4.78. The summed E-state index contributed by atoms with van der Waals surface area (Å²) in [7, 11) is 0. The summed E-state index contributed by atoms with van der Waals surface area (Å²) in [5.41, 5.74) is 0.397. The Bertz CT molecular complexity index is 801. The number of benzene rings is 1. The summed E-state index contributed by atoms with van der Waals surface area (Å²) in [6.45, 7) is 8.02. The van der Waals surface area contributed by atoms with E-state index in [1.807, 2.05) is 27.7 Å². The van der Waals surface area contributed by atoms with Crippen LogP contribution in [0.1, 0.15) is 61.3 Å². The van der Waals surface area contributed by atoms with Gasteiger partial charge in [-0.15, -0.1) is 0 Å². The van der Waals surface area contributed by atoms with Gasteiger partial charge in [-0.05, 0) is 52.3 Å². The van der Waals surface area contributed by atoms with E-state index in [1.54, 1.807) is 18.2 Å². The molecule has 1 heterocycles. The molecule has 0 bridgehead atoms. The molecule has 1 aliphatic rings. The molecule has 0 spiro atoms. The first-order chi connectivity index (χ1) is 13.0. The Balaban J connectivity index is 1.88. The molecule has 2 rings (SSSR count). The number of carbonyl (C=O) groups excluding carboxylic acids is 4. The third kappa shape index (κ3) is 5.41. The molecule has 152 valence electrons. The fourth-order valence-corrected chi connectivity index (χ4v) is 3.38. The van der Waals surface area contributed by atoms with Gasteiger partial charge >= 0.3 is 0 Å². The Morgan fingerprint density at radius 3 is 2.39 bits per heavy atom. The van der Waals surface area contributed by atoms with Crippen LogP contribution in [0.15, 0.2) is 22.7 Å². The van der Waals surface area contributed by atoms with Gasteiger partial charge in [-0.3, -0.25) is 24.1 Å². The fourth-order valence-electron chi connectivity index (χ4n) is 3.02. The highest BCUT2D eigenvalue weighted by Gasteiger charge is 2.35. The van der Waals surface area contributed by atoms with Crippen LogP contribution in [0.25, 0.3) is 0 Å². The van der Waals surface area contributed by atoms with Crippen LogP contribution in [0.5, 0.6) is 0 Å². The molecule has 28 heavy (non-hydrogen) atoms. The molecule has 1 aromatic rings. The van der Waals surface area contributed by atoms with Crippen molar-refractivity contribution in [2.24, 2.45) is 0 Å². The van der Waals surface area contributed by atoms with Crippen molar-refractivity contribution < 1.29 is 19.2 Å². The monoisotopic (exact) mass is 451 g/mol. The van der Waals surface area contributed by atoms with Gasteiger partial charge in [0.1, 0.15) is 0 Å². The Kier molecular flexibility index (Phi) is 6.98. The van der Waals surface area contributed by atoms with E-state index >= 15 is 0 Å². The molecule has 0 fully saturated rings. The van der Waals surface area contributed by atoms with Crippen LogP contribution in [0.4, 0.5) is 0 Å². The molecule has 1 N–H and O–H groups in total. The highest BCUT2D eigenvalue weighted by molar-refractivity contribution is 9.10. The van der Waals surface area contributed by atoms with E-state index < -0.39 is 0 Å². The first-order valence-corrected chi connectivity index (χ1v) is 10.1. The van der Waals surface area contributed by atoms with Crippen LogP contribution in [0.2, 0.25) is 0 Å². The lowest BCUT2D eigenvalue weighted by Crippen LogP contribution is -2.47. The molecule has 0 unspecified atom stereocenters. The molecule has 0 saturated heterocycles. The second-order valence-corrected chi connectivity index (χ2v) is 8.68. The molecule has 8 heteroatoms. The summed E-state index contributed by atoms with van der Waals surface area (Å²) < 4.78 is 0.733. The van der Waals surface area contributed by atoms with Crippen molar-refractivity contribution in [3.8, 4) is 0 Å². The highest BCUT2D eigenvalue weighted by atomic mass is 79.9. The van der Waals surface area contributed by atoms with Crippen molar-refractivity contribution in [1.29, 1.82) is 0 Å². The molecule has 1 aromatic carbocycles. The molecule has 1 aliphatic heterocycles. The first-order valence-electron chi connectivity index (χ1n) is 9.28. The van der Waals surface area contributed by atoms with Gasteiger partial charge in [0.05, 0.1) is 17.7 Å². The second-order valence-electron chi connectivity index (χ2n) is 7.76. The number of likely N-dealkylation sites (N-methyl/N-ethyl adjacent to an activating group) is 1. The quantitative estimate of drug-likeness (QED) is 0.645. The normalized spacial score (nSPS) is 13.5. The van der Waals surface area contributed by atoms with Crippen LogP contribution in [-0.4, -0.2) is 58.6 Å². The number of rotatable bonds is 7. The Morgan fingerprint density at radius 2 is 1.79 bits per heavy atom. The van der Waals surface area contributed by atoms with Gasteiger partial charge in [-0.25, -0.2) is 0 Å². The number of imide groups is 1. The summed E-state index contributed by atoms with van der Waals surface area (Å²) in [6.07, 6.45) is 0.511. The standard InChI is InChI=1S/C20H26BrN3O4/c1-5-23(12-16(25)22-20(2,3)4)17(26)7-6-10-24-18(27)14-9-8-13(21)11-15(14)19(24)28/h8-9,11H,5-7,10,12H2,1-4H3,(H,22,25). The van der Waals surface area contributed by atoms with Gasteiger partial charge in [0.15, 0.2) is 0 Å². The number of nitrogens with one attached hydrogen (secondary N) is 1. The van der Waals surface area contributed by atoms with E-state index in [0.29, 0.717) is 24.1 Å². The first kappa shape index (κ1) is 22.1. The van der Waals surface area contributed by atoms with Crippen molar-refractivity contribution in [2.75, 3.05) is 19.6 Å². The second kappa shape index (κ2) is 8.86. The predicted molar refractivity (Wildman–Crippen MR) is 109 cm³/mol. The predicted octanol–water partition coefficient (Wildman–Crippen LogP) is 2.59. The molecule has 7 nitrogen and oxygen atoms in total. The molecule has 0 aliphatic carbocycles. The summed E-state index contributed by atoms with van der Waals surface area (Å²) in [5.74, 6) is -1.07. The Morgan fingerprint density at radius 1 is 1.14 bits per heavy atom. The average molecular weight is 452 g/mol. The van der Waals surface area contributed by atoms with E-state index in [4.69, 9.17) is 0 Å². The van der Waals surface area contributed by atoms with Crippen LogP contribution in [0, 0.1) is 0 Å². The van der Waals surface area contributed by atoms with Gasteiger partial charge in [0, 0.05) is 29.5 Å². The van der Waals surface area contributed by atoms with Gasteiger partial charge in [-0.1, -0.05) is 15.9 Å². The molecule has 0 saturated carbocycles. The summed E-state index contributed by atoms with van der Waals surface area (Å²) in [6, 6.07) is 4.98. The van der Waals surface area contributed by atoms with Gasteiger partial charge in [0.2, 0.25) is 11.8 Å². The third-order valence-electron chi connectivity index (χ3n) is 4.29. The van der Waals surface area contributed by atoms with Gasteiger partial charge in [-0.2, -0.15) is 0 Å². The minimum atomic E-state index is -0.361. The van der Waals surface area contributed by atoms with Crippen molar-refractivity contribution >= 4 is 39.6 Å². The number of carbonyl (C=O) groups is 4. The summed E-state index contributed by atoms with van der Waals surface area (Å²) in [5, 5.41) is 2.83. The van der Waals surface area contributed by atoms with Gasteiger partial charge < -0.3 is 10.2 Å². The van der Waals surface area contributed by atoms with Crippen LogP contribution in [-0.2, 0) is 9.59 Å². The minimum Gasteiger partial charge on any atom is -0.350 e. The number of halogens is 1. The van der Waals surface area contributed by atoms with Crippen molar-refractivity contribution in [3.05, 3.63) is 33.8 Å². The van der Waals surface area contributed by atoms with E-state index in [1.165, 1.54) is 9.80 Å². The lowest BCUT2D eigenvalue weighted by molar-refractivity contribution is -0.136. The zero-order chi connectivity index (χ0) is 21.1. The zero-order valence-corrected chi connectivity index (χ0v) is 18.3. The van der Waals surface area contributed by atoms with Crippen molar-refractivity contribution in [2.45, 2.75) is 46.1 Å². The van der Waals surface area contributed by atoms with E-state index in [0.717, 1.165) is 4.47 Å². The number of hydrogen-bond acceptors (Lipinski definition) is 4. The Hall–Kier alpha value is -2.22. The largest absolute Gasteiger partial charge is 0.350 e. The number of nitrogens with zero attached hydrogens (tertiary/aromatic N) is 2.